The Bertz CT molecular complexity index is 662. The van der Waals surface area contributed by atoms with Gasteiger partial charge in [-0.3, -0.25) is 4.99 Å². The number of pyridine rings is 1. The fourth-order valence-electron chi connectivity index (χ4n) is 2.91. The Hall–Kier alpha value is -1.29. The highest BCUT2D eigenvalue weighted by Crippen LogP contribution is 2.18. The number of amides is 1. The summed E-state index contributed by atoms with van der Waals surface area (Å²) in [4.78, 5) is 24.9. The zero-order valence-corrected chi connectivity index (χ0v) is 18.3. The number of hydrogen-bond donors (Lipinski definition) is 1. The van der Waals surface area contributed by atoms with E-state index >= 15 is 0 Å². The first-order valence-corrected chi connectivity index (χ1v) is 8.83. The molecule has 2 aliphatic heterocycles. The van der Waals surface area contributed by atoms with Crippen molar-refractivity contribution < 1.29 is 9.53 Å². The number of nitrogens with zero attached hydrogens (tertiary/aromatic N) is 4. The van der Waals surface area contributed by atoms with Crippen molar-refractivity contribution in [1.29, 1.82) is 0 Å². The maximum atomic E-state index is 12.2. The summed E-state index contributed by atoms with van der Waals surface area (Å²) >= 11 is 5.80. The second kappa shape index (κ2) is 8.60. The summed E-state index contributed by atoms with van der Waals surface area (Å²) in [5.41, 5.74) is 0.572. The number of guanidine groups is 1. The van der Waals surface area contributed by atoms with Crippen molar-refractivity contribution in [2.75, 3.05) is 26.2 Å². The van der Waals surface area contributed by atoms with Crippen molar-refractivity contribution in [3.63, 3.8) is 0 Å². The Balaban J connectivity index is 0.00000243. The van der Waals surface area contributed by atoms with Crippen molar-refractivity contribution in [2.45, 2.75) is 39.0 Å². The van der Waals surface area contributed by atoms with Crippen LogP contribution in [0.3, 0.4) is 0 Å². The molecule has 26 heavy (non-hydrogen) atoms. The van der Waals surface area contributed by atoms with E-state index in [0.717, 1.165) is 18.1 Å². The first kappa shape index (κ1) is 21.0. The first-order chi connectivity index (χ1) is 11.8. The van der Waals surface area contributed by atoms with Crippen LogP contribution < -0.4 is 5.32 Å². The lowest BCUT2D eigenvalue weighted by atomic mass is 10.2. The largest absolute Gasteiger partial charge is 0.444 e. The van der Waals surface area contributed by atoms with E-state index in [0.29, 0.717) is 31.3 Å². The number of hydrogen-bond acceptors (Lipinski definition) is 6. The lowest BCUT2D eigenvalue weighted by Gasteiger charge is -2.39. The second-order valence-corrected chi connectivity index (χ2v) is 7.67. The number of rotatable bonds is 2. The molecule has 1 atom stereocenters. The van der Waals surface area contributed by atoms with Crippen LogP contribution in [-0.2, 0) is 11.3 Å². The average molecular weight is 494 g/mol. The maximum absolute atomic E-state index is 12.2. The van der Waals surface area contributed by atoms with Gasteiger partial charge in [-0.2, -0.15) is 0 Å². The molecule has 0 radical (unpaired) electrons. The smallest absolute Gasteiger partial charge is 0.410 e. The van der Waals surface area contributed by atoms with Gasteiger partial charge < -0.3 is 19.9 Å². The van der Waals surface area contributed by atoms with Gasteiger partial charge in [0.2, 0.25) is 0 Å². The number of nitrogens with one attached hydrogen (secondary N) is 1. The molecule has 0 spiro atoms. The van der Waals surface area contributed by atoms with Gasteiger partial charge in [-0.15, -0.1) is 24.0 Å². The van der Waals surface area contributed by atoms with Crippen molar-refractivity contribution >= 4 is 47.6 Å². The van der Waals surface area contributed by atoms with Crippen molar-refractivity contribution in [2.24, 2.45) is 4.99 Å². The predicted molar refractivity (Wildman–Crippen MR) is 112 cm³/mol. The third kappa shape index (κ3) is 5.35. The molecule has 3 rings (SSSR count). The Kier molecular flexibility index (Phi) is 6.95. The molecule has 3 heterocycles. The molecule has 144 valence electrons. The van der Waals surface area contributed by atoms with Gasteiger partial charge in [0.25, 0.3) is 0 Å². The van der Waals surface area contributed by atoms with Gasteiger partial charge in [0, 0.05) is 32.4 Å². The van der Waals surface area contributed by atoms with E-state index < -0.39 is 5.60 Å². The van der Waals surface area contributed by atoms with Crippen molar-refractivity contribution in [1.82, 2.24) is 20.1 Å². The number of ether oxygens (including phenoxy) is 1. The Morgan fingerprint density at radius 1 is 1.38 bits per heavy atom. The normalized spacial score (nSPS) is 19.4. The summed E-state index contributed by atoms with van der Waals surface area (Å²) < 4.78 is 5.47. The van der Waals surface area contributed by atoms with E-state index in [4.69, 9.17) is 16.3 Å². The third-order valence-corrected chi connectivity index (χ3v) is 4.32. The molecule has 9 heteroatoms. The molecule has 7 nitrogen and oxygen atoms in total. The Labute approximate surface area is 176 Å². The van der Waals surface area contributed by atoms with Crippen LogP contribution in [0.2, 0.25) is 5.15 Å². The van der Waals surface area contributed by atoms with Gasteiger partial charge in [0.1, 0.15) is 10.8 Å². The molecule has 1 aromatic rings. The van der Waals surface area contributed by atoms with E-state index in [-0.39, 0.29) is 36.1 Å². The zero-order valence-electron chi connectivity index (χ0n) is 15.2. The summed E-state index contributed by atoms with van der Waals surface area (Å²) in [6.07, 6.45) is 1.50. The molecule has 0 bridgehead atoms. The van der Waals surface area contributed by atoms with Crippen molar-refractivity contribution in [3.8, 4) is 0 Å². The number of carbonyl (C=O) groups is 1. The molecule has 1 unspecified atom stereocenters. The number of fused-ring (bicyclic) bond motifs is 1. The summed E-state index contributed by atoms with van der Waals surface area (Å²) in [6.45, 7) is 8.98. The van der Waals surface area contributed by atoms with E-state index in [1.54, 1.807) is 17.2 Å². The van der Waals surface area contributed by atoms with E-state index in [2.05, 4.69) is 20.2 Å². The van der Waals surface area contributed by atoms with E-state index in [1.165, 1.54) is 0 Å². The molecular weight excluding hydrogens is 469 g/mol. The SMILES string of the molecule is CC(C)(C)OC(=O)N1CCN2C(NCc3ccc(Cl)nc3)=NCC2C1.I. The van der Waals surface area contributed by atoms with Gasteiger partial charge in [-0.1, -0.05) is 17.7 Å². The summed E-state index contributed by atoms with van der Waals surface area (Å²) in [7, 11) is 0. The van der Waals surface area contributed by atoms with Crippen LogP contribution in [0.25, 0.3) is 0 Å². The van der Waals surface area contributed by atoms with Gasteiger partial charge in [-0.25, -0.2) is 9.78 Å². The van der Waals surface area contributed by atoms with Gasteiger partial charge in [0.15, 0.2) is 5.96 Å². The van der Waals surface area contributed by atoms with Gasteiger partial charge in [-0.05, 0) is 32.4 Å². The third-order valence-electron chi connectivity index (χ3n) is 4.10. The fraction of sp³-hybridized carbons (Fsp3) is 0.588. The van der Waals surface area contributed by atoms with Crippen LogP contribution in [0.1, 0.15) is 26.3 Å². The molecular formula is C17H25ClIN5O2. The predicted octanol–water partition coefficient (Wildman–Crippen LogP) is 2.73. The highest BCUT2D eigenvalue weighted by atomic mass is 127. The minimum Gasteiger partial charge on any atom is -0.444 e. The molecule has 0 saturated carbocycles. The number of carbonyl (C=O) groups excluding carboxylic acids is 1. The Morgan fingerprint density at radius 3 is 2.81 bits per heavy atom. The fourth-order valence-corrected chi connectivity index (χ4v) is 3.03. The monoisotopic (exact) mass is 493 g/mol. The zero-order chi connectivity index (χ0) is 18.0. The molecule has 2 aliphatic rings. The molecule has 1 aromatic heterocycles. The number of halogens is 2. The first-order valence-electron chi connectivity index (χ1n) is 8.45. The molecule has 0 aromatic carbocycles. The Morgan fingerprint density at radius 2 is 2.15 bits per heavy atom. The molecule has 1 saturated heterocycles. The topological polar surface area (TPSA) is 70.1 Å². The number of aromatic nitrogens is 1. The summed E-state index contributed by atoms with van der Waals surface area (Å²) in [5, 5.41) is 3.84. The van der Waals surface area contributed by atoms with Crippen LogP contribution in [0.4, 0.5) is 4.79 Å². The number of piperazine rings is 1. The average Bonchev–Trinajstić information content (AvgIpc) is 2.95. The lowest BCUT2D eigenvalue weighted by molar-refractivity contribution is 0.0137. The highest BCUT2D eigenvalue weighted by molar-refractivity contribution is 14.0. The van der Waals surface area contributed by atoms with Gasteiger partial charge >= 0.3 is 6.09 Å². The van der Waals surface area contributed by atoms with Crippen LogP contribution in [0, 0.1) is 0 Å². The van der Waals surface area contributed by atoms with Gasteiger partial charge in [0.05, 0.1) is 12.6 Å². The highest BCUT2D eigenvalue weighted by Gasteiger charge is 2.36. The summed E-state index contributed by atoms with van der Waals surface area (Å²) in [6, 6.07) is 3.92. The maximum Gasteiger partial charge on any atom is 0.410 e. The molecule has 1 N–H and O–H groups in total. The van der Waals surface area contributed by atoms with Crippen LogP contribution in [0.5, 0.6) is 0 Å². The standard InChI is InChI=1S/C17H24ClN5O2.HI/c1-17(2,3)25-16(24)22-6-7-23-13(11-22)10-21-15(23)20-9-12-4-5-14(18)19-8-12;/h4-5,8,13H,6-7,9-11H2,1-3H3,(H,20,21);1H. The summed E-state index contributed by atoms with van der Waals surface area (Å²) in [5.74, 6) is 0.879. The van der Waals surface area contributed by atoms with E-state index in [9.17, 15) is 4.79 Å². The minimum atomic E-state index is -0.472. The van der Waals surface area contributed by atoms with Crippen LogP contribution in [-0.4, -0.2) is 64.7 Å². The quantitative estimate of drug-likeness (QED) is 0.507. The number of aliphatic imine (C=N–C) groups is 1. The van der Waals surface area contributed by atoms with Crippen LogP contribution >= 0.6 is 35.6 Å². The second-order valence-electron chi connectivity index (χ2n) is 7.28. The molecule has 1 fully saturated rings. The lowest BCUT2D eigenvalue weighted by Crippen LogP contribution is -2.57. The molecule has 1 amide bonds. The van der Waals surface area contributed by atoms with E-state index in [1.807, 2.05) is 26.8 Å². The minimum absolute atomic E-state index is 0. The van der Waals surface area contributed by atoms with Crippen LogP contribution in [0.15, 0.2) is 23.3 Å². The molecule has 0 aliphatic carbocycles. The van der Waals surface area contributed by atoms with Crippen molar-refractivity contribution in [3.05, 3.63) is 29.0 Å².